The maximum atomic E-state index is 10.8. The molecule has 0 radical (unpaired) electrons. The molecule has 8 N–H and O–H groups in total. The van der Waals surface area contributed by atoms with Crippen LogP contribution in [-0.2, 0) is 4.79 Å². The van der Waals surface area contributed by atoms with E-state index in [0.717, 1.165) is 0 Å². The van der Waals surface area contributed by atoms with Crippen LogP contribution in [0.2, 0.25) is 0 Å². The van der Waals surface area contributed by atoms with Crippen molar-refractivity contribution in [1.29, 1.82) is 0 Å². The van der Waals surface area contributed by atoms with E-state index in [1.165, 1.54) is 24.3 Å². The summed E-state index contributed by atoms with van der Waals surface area (Å²) in [5.41, 5.74) is 12.0. The fraction of sp³-hybridized carbons (Fsp3) is 0. The van der Waals surface area contributed by atoms with Gasteiger partial charge in [-0.25, -0.2) is 10.6 Å². The van der Waals surface area contributed by atoms with Crippen LogP contribution in [0.5, 0.6) is 5.75 Å². The number of aliphatic carboxylic acids is 1. The van der Waals surface area contributed by atoms with E-state index in [1.54, 1.807) is 0 Å². The molecule has 0 saturated heterocycles. The molecule has 0 saturated carbocycles. The first-order valence-electron chi connectivity index (χ1n) is 4.73. The molecule has 0 atom stereocenters. The van der Waals surface area contributed by atoms with Crippen LogP contribution in [0.4, 0.5) is 0 Å². The molecule has 1 rings (SSSR count). The lowest BCUT2D eigenvalue weighted by atomic mass is 10.2. The Labute approximate surface area is 102 Å². The molecule has 8 nitrogen and oxygen atoms in total. The summed E-state index contributed by atoms with van der Waals surface area (Å²) in [5, 5.41) is 8.66. The predicted octanol–water partition coefficient (Wildman–Crippen LogP) is -1.16. The third-order valence-corrected chi connectivity index (χ3v) is 1.96. The number of carbonyl (C=O) groups is 2. The smallest absolute Gasteiger partial charge is 0.357 e. The lowest BCUT2D eigenvalue weighted by Crippen LogP contribution is -2.31. The molecule has 18 heavy (non-hydrogen) atoms. The number of ether oxygens (including phenoxy) is 1. The minimum absolute atomic E-state index is 0.247. The number of carboxylic acids is 1. The summed E-state index contributed by atoms with van der Waals surface area (Å²) in [6, 6.07) is 5.69. The number of carboxylic acid groups (broad SMARTS) is 1. The van der Waals surface area contributed by atoms with Crippen molar-refractivity contribution in [2.75, 3.05) is 0 Å². The predicted molar refractivity (Wildman–Crippen MR) is 61.8 cm³/mol. The fourth-order valence-electron chi connectivity index (χ4n) is 1.06. The van der Waals surface area contributed by atoms with E-state index in [9.17, 15) is 9.59 Å². The van der Waals surface area contributed by atoms with Crippen LogP contribution in [0.25, 0.3) is 0 Å². The molecule has 96 valence electrons. The summed E-state index contributed by atoms with van der Waals surface area (Å²) in [7, 11) is 0. The number of rotatable bonds is 5. The standard InChI is InChI=1S/C10H12N4O4/c11-7(10(16)17)9(14-13)18-6-3-1-5(2-4-6)8(12)15/h1-4,14H,11,13H2,(H2,12,15)(H,16,17)/b9-7+. The molecule has 1 aromatic carbocycles. The molecule has 0 aliphatic rings. The van der Waals surface area contributed by atoms with Gasteiger partial charge in [0.2, 0.25) is 11.8 Å². The molecule has 0 spiro atoms. The largest absolute Gasteiger partial charge is 0.476 e. The number of benzene rings is 1. The number of primary amides is 1. The Hall–Kier alpha value is -2.74. The van der Waals surface area contributed by atoms with Crippen LogP contribution < -0.4 is 27.5 Å². The Morgan fingerprint density at radius 3 is 2.11 bits per heavy atom. The summed E-state index contributed by atoms with van der Waals surface area (Å²) >= 11 is 0. The number of nitrogens with one attached hydrogen (secondary N) is 1. The summed E-state index contributed by atoms with van der Waals surface area (Å²) in [6.07, 6.45) is 0. The third-order valence-electron chi connectivity index (χ3n) is 1.96. The molecule has 0 aliphatic carbocycles. The highest BCUT2D eigenvalue weighted by Crippen LogP contribution is 2.14. The van der Waals surface area contributed by atoms with Crippen molar-refractivity contribution >= 4 is 11.9 Å². The van der Waals surface area contributed by atoms with Gasteiger partial charge in [0.1, 0.15) is 5.75 Å². The summed E-state index contributed by atoms with van der Waals surface area (Å²) in [4.78, 5) is 21.4. The molecule has 0 heterocycles. The number of hydrogen-bond acceptors (Lipinski definition) is 6. The van der Waals surface area contributed by atoms with E-state index in [2.05, 4.69) is 0 Å². The van der Waals surface area contributed by atoms with Gasteiger partial charge in [0.25, 0.3) is 0 Å². The van der Waals surface area contributed by atoms with Crippen LogP contribution in [0, 0.1) is 0 Å². The molecule has 8 heteroatoms. The highest BCUT2D eigenvalue weighted by atomic mass is 16.5. The highest BCUT2D eigenvalue weighted by Gasteiger charge is 2.12. The van der Waals surface area contributed by atoms with Gasteiger partial charge in [-0.05, 0) is 24.3 Å². The molecule has 1 aromatic rings. The van der Waals surface area contributed by atoms with E-state index >= 15 is 0 Å². The van der Waals surface area contributed by atoms with Crippen molar-refractivity contribution in [3.05, 3.63) is 41.4 Å². The fourth-order valence-corrected chi connectivity index (χ4v) is 1.06. The summed E-state index contributed by atoms with van der Waals surface area (Å²) in [6.45, 7) is 0. The first kappa shape index (κ1) is 13.3. The van der Waals surface area contributed by atoms with Gasteiger partial charge in [-0.15, -0.1) is 0 Å². The Balaban J connectivity index is 2.93. The first-order valence-corrected chi connectivity index (χ1v) is 4.73. The molecule has 0 fully saturated rings. The third kappa shape index (κ3) is 3.12. The van der Waals surface area contributed by atoms with Crippen molar-refractivity contribution in [2.24, 2.45) is 17.3 Å². The molecule has 0 aliphatic heterocycles. The Bertz CT molecular complexity index is 495. The van der Waals surface area contributed by atoms with E-state index < -0.39 is 17.6 Å². The maximum absolute atomic E-state index is 10.8. The van der Waals surface area contributed by atoms with E-state index in [-0.39, 0.29) is 11.6 Å². The highest BCUT2D eigenvalue weighted by molar-refractivity contribution is 5.92. The minimum atomic E-state index is -1.38. The Kier molecular flexibility index (Phi) is 4.11. The van der Waals surface area contributed by atoms with Crippen molar-refractivity contribution in [1.82, 2.24) is 5.43 Å². The topological polar surface area (TPSA) is 154 Å². The van der Waals surface area contributed by atoms with Gasteiger partial charge < -0.3 is 21.3 Å². The normalized spacial score (nSPS) is 11.4. The van der Waals surface area contributed by atoms with Crippen molar-refractivity contribution in [3.63, 3.8) is 0 Å². The number of nitrogens with two attached hydrogens (primary N) is 3. The number of carbonyl (C=O) groups excluding carboxylic acids is 1. The van der Waals surface area contributed by atoms with E-state index in [0.29, 0.717) is 5.56 Å². The second-order valence-corrected chi connectivity index (χ2v) is 3.18. The van der Waals surface area contributed by atoms with E-state index in [4.69, 9.17) is 27.2 Å². The van der Waals surface area contributed by atoms with Gasteiger partial charge in [-0.2, -0.15) is 0 Å². The summed E-state index contributed by atoms with van der Waals surface area (Å²) < 4.78 is 5.11. The molecule has 0 bridgehead atoms. The molecule has 0 aromatic heterocycles. The van der Waals surface area contributed by atoms with Crippen molar-refractivity contribution in [3.8, 4) is 5.75 Å². The minimum Gasteiger partial charge on any atom is -0.476 e. The van der Waals surface area contributed by atoms with Gasteiger partial charge in [0.05, 0.1) is 0 Å². The molecular weight excluding hydrogens is 240 g/mol. The zero-order chi connectivity index (χ0) is 13.7. The monoisotopic (exact) mass is 252 g/mol. The maximum Gasteiger partial charge on any atom is 0.357 e. The average molecular weight is 252 g/mol. The molecule has 0 unspecified atom stereocenters. The van der Waals surface area contributed by atoms with Gasteiger partial charge >= 0.3 is 5.97 Å². The van der Waals surface area contributed by atoms with Crippen molar-refractivity contribution < 1.29 is 19.4 Å². The SMILES string of the molecule is NN/C(Oc1ccc(C(N)=O)cc1)=C(\N)C(=O)O. The Morgan fingerprint density at radius 2 is 1.72 bits per heavy atom. The second kappa shape index (κ2) is 5.55. The van der Waals surface area contributed by atoms with Gasteiger partial charge in [-0.1, -0.05) is 0 Å². The molecular formula is C10H12N4O4. The van der Waals surface area contributed by atoms with Crippen LogP contribution in [0.15, 0.2) is 35.8 Å². The number of amides is 1. The molecule has 1 amide bonds. The first-order chi connectivity index (χ1) is 8.45. The van der Waals surface area contributed by atoms with Gasteiger partial charge in [-0.3, -0.25) is 10.2 Å². The Morgan fingerprint density at radius 1 is 1.17 bits per heavy atom. The number of hydrazine groups is 1. The van der Waals surface area contributed by atoms with Crippen LogP contribution in [-0.4, -0.2) is 17.0 Å². The van der Waals surface area contributed by atoms with Gasteiger partial charge in [0, 0.05) is 5.56 Å². The zero-order valence-corrected chi connectivity index (χ0v) is 9.21. The van der Waals surface area contributed by atoms with Crippen LogP contribution >= 0.6 is 0 Å². The van der Waals surface area contributed by atoms with Crippen molar-refractivity contribution in [2.45, 2.75) is 0 Å². The summed E-state index contributed by atoms with van der Waals surface area (Å²) in [5.74, 6) is 3.06. The zero-order valence-electron chi connectivity index (χ0n) is 9.21. The average Bonchev–Trinajstić information content (AvgIpc) is 2.35. The van der Waals surface area contributed by atoms with Crippen LogP contribution in [0.1, 0.15) is 10.4 Å². The quantitative estimate of drug-likeness (QED) is 0.191. The van der Waals surface area contributed by atoms with E-state index in [1.807, 2.05) is 5.43 Å². The number of hydrogen-bond donors (Lipinski definition) is 5. The van der Waals surface area contributed by atoms with Gasteiger partial charge in [0.15, 0.2) is 5.70 Å². The second-order valence-electron chi connectivity index (χ2n) is 3.18. The lowest BCUT2D eigenvalue weighted by Gasteiger charge is -2.10. The lowest BCUT2D eigenvalue weighted by molar-refractivity contribution is -0.132. The van der Waals surface area contributed by atoms with Crippen LogP contribution in [0.3, 0.4) is 0 Å².